The van der Waals surface area contributed by atoms with Gasteiger partial charge in [-0.1, -0.05) is 55.8 Å². The van der Waals surface area contributed by atoms with Crippen molar-refractivity contribution in [1.29, 1.82) is 0 Å². The van der Waals surface area contributed by atoms with Gasteiger partial charge in [-0.15, -0.1) is 0 Å². The minimum Gasteiger partial charge on any atom is -0.267 e. The largest absolute Gasteiger partial charge is 0.267 e. The SMILES string of the molecule is CCCc1ccc2c(c1)CN(OCc1ccccc1)C=N2. The minimum absolute atomic E-state index is 0.566. The molecule has 0 bridgehead atoms. The standard InChI is InChI=1S/C18H20N2O/c1-2-6-15-9-10-18-17(11-15)12-20(14-19-18)21-13-16-7-4-3-5-8-16/h3-5,7-11,14H,2,6,12-13H2,1H3. The van der Waals surface area contributed by atoms with E-state index in [1.54, 1.807) is 6.34 Å². The molecule has 0 aliphatic carbocycles. The van der Waals surface area contributed by atoms with Crippen molar-refractivity contribution in [2.24, 2.45) is 4.99 Å². The molecule has 0 amide bonds. The summed E-state index contributed by atoms with van der Waals surface area (Å²) in [6.07, 6.45) is 4.04. The predicted octanol–water partition coefficient (Wildman–Crippen LogP) is 4.25. The Balaban J connectivity index is 1.65. The summed E-state index contributed by atoms with van der Waals surface area (Å²) in [5, 5.41) is 1.81. The van der Waals surface area contributed by atoms with Crippen LogP contribution in [0.2, 0.25) is 0 Å². The van der Waals surface area contributed by atoms with Gasteiger partial charge in [-0.25, -0.2) is 10.1 Å². The monoisotopic (exact) mass is 280 g/mol. The van der Waals surface area contributed by atoms with Gasteiger partial charge in [0.15, 0.2) is 0 Å². The maximum absolute atomic E-state index is 5.81. The number of hydroxylamine groups is 2. The zero-order valence-corrected chi connectivity index (χ0v) is 12.3. The zero-order valence-electron chi connectivity index (χ0n) is 12.3. The molecular weight excluding hydrogens is 260 g/mol. The highest BCUT2D eigenvalue weighted by molar-refractivity contribution is 5.66. The fraction of sp³-hybridized carbons (Fsp3) is 0.278. The van der Waals surface area contributed by atoms with E-state index in [0.29, 0.717) is 6.61 Å². The van der Waals surface area contributed by atoms with Gasteiger partial charge < -0.3 is 0 Å². The van der Waals surface area contributed by atoms with Crippen molar-refractivity contribution in [1.82, 2.24) is 5.06 Å². The lowest BCUT2D eigenvalue weighted by molar-refractivity contribution is -0.114. The summed E-state index contributed by atoms with van der Waals surface area (Å²) in [5.41, 5.74) is 4.82. The topological polar surface area (TPSA) is 24.8 Å². The van der Waals surface area contributed by atoms with Gasteiger partial charge in [0.25, 0.3) is 0 Å². The molecule has 3 rings (SSSR count). The molecule has 0 spiro atoms. The van der Waals surface area contributed by atoms with E-state index >= 15 is 0 Å². The van der Waals surface area contributed by atoms with E-state index in [1.165, 1.54) is 11.1 Å². The number of hydrogen-bond donors (Lipinski definition) is 0. The molecule has 2 aromatic rings. The van der Waals surface area contributed by atoms with Crippen molar-refractivity contribution in [2.45, 2.75) is 32.9 Å². The summed E-state index contributed by atoms with van der Waals surface area (Å²) in [6.45, 7) is 3.52. The number of rotatable bonds is 5. The van der Waals surface area contributed by atoms with Crippen LogP contribution in [0.25, 0.3) is 0 Å². The van der Waals surface area contributed by atoms with Crippen LogP contribution in [0.3, 0.4) is 0 Å². The van der Waals surface area contributed by atoms with E-state index in [4.69, 9.17) is 4.84 Å². The molecule has 0 fully saturated rings. The van der Waals surface area contributed by atoms with Crippen LogP contribution >= 0.6 is 0 Å². The van der Waals surface area contributed by atoms with E-state index in [9.17, 15) is 0 Å². The van der Waals surface area contributed by atoms with Crippen molar-refractivity contribution >= 4 is 12.0 Å². The molecule has 1 aliphatic heterocycles. The van der Waals surface area contributed by atoms with Crippen molar-refractivity contribution in [3.8, 4) is 0 Å². The van der Waals surface area contributed by atoms with Gasteiger partial charge in [-0.2, -0.15) is 0 Å². The summed E-state index contributed by atoms with van der Waals surface area (Å²) < 4.78 is 0. The van der Waals surface area contributed by atoms with Crippen LogP contribution in [-0.2, 0) is 24.4 Å². The third-order valence-electron chi connectivity index (χ3n) is 3.57. The molecule has 0 N–H and O–H groups in total. The Kier molecular flexibility index (Phi) is 4.31. The number of aryl methyl sites for hydroxylation is 1. The molecule has 3 heteroatoms. The molecule has 21 heavy (non-hydrogen) atoms. The highest BCUT2D eigenvalue weighted by Crippen LogP contribution is 2.26. The van der Waals surface area contributed by atoms with Gasteiger partial charge in [0, 0.05) is 5.56 Å². The van der Waals surface area contributed by atoms with Crippen LogP contribution in [0.4, 0.5) is 5.69 Å². The normalized spacial score (nSPS) is 13.3. The second kappa shape index (κ2) is 6.55. The second-order valence-electron chi connectivity index (χ2n) is 5.29. The summed E-state index contributed by atoms with van der Waals surface area (Å²) in [7, 11) is 0. The van der Waals surface area contributed by atoms with Crippen molar-refractivity contribution < 1.29 is 4.84 Å². The third kappa shape index (κ3) is 3.50. The average Bonchev–Trinajstić information content (AvgIpc) is 2.54. The van der Waals surface area contributed by atoms with Gasteiger partial charge in [0.1, 0.15) is 6.34 Å². The maximum atomic E-state index is 5.81. The molecule has 0 saturated carbocycles. The molecular formula is C18H20N2O. The van der Waals surface area contributed by atoms with E-state index in [-0.39, 0.29) is 0 Å². The van der Waals surface area contributed by atoms with E-state index in [2.05, 4.69) is 42.2 Å². The van der Waals surface area contributed by atoms with Gasteiger partial charge in [-0.3, -0.25) is 4.84 Å². The Morgan fingerprint density at radius 1 is 1.10 bits per heavy atom. The van der Waals surface area contributed by atoms with Gasteiger partial charge in [0.2, 0.25) is 0 Å². The molecule has 0 aromatic heterocycles. The number of hydrogen-bond acceptors (Lipinski definition) is 3. The van der Waals surface area contributed by atoms with E-state index in [0.717, 1.165) is 30.6 Å². The highest BCUT2D eigenvalue weighted by atomic mass is 16.7. The summed E-state index contributed by atoms with van der Waals surface area (Å²) in [4.78, 5) is 10.3. The molecule has 2 aromatic carbocycles. The molecule has 3 nitrogen and oxygen atoms in total. The van der Waals surface area contributed by atoms with Gasteiger partial charge in [-0.05, 0) is 23.6 Å². The minimum atomic E-state index is 0.566. The molecule has 0 atom stereocenters. The lowest BCUT2D eigenvalue weighted by atomic mass is 10.0. The van der Waals surface area contributed by atoms with Crippen LogP contribution < -0.4 is 0 Å². The van der Waals surface area contributed by atoms with Crippen molar-refractivity contribution in [2.75, 3.05) is 0 Å². The summed E-state index contributed by atoms with van der Waals surface area (Å²) in [5.74, 6) is 0. The lowest BCUT2D eigenvalue weighted by Crippen LogP contribution is -2.24. The van der Waals surface area contributed by atoms with Crippen LogP contribution in [0, 0.1) is 0 Å². The number of fused-ring (bicyclic) bond motifs is 1. The Morgan fingerprint density at radius 3 is 2.76 bits per heavy atom. The first-order valence-corrected chi connectivity index (χ1v) is 7.44. The van der Waals surface area contributed by atoms with E-state index < -0.39 is 0 Å². The Hall–Kier alpha value is -2.13. The summed E-state index contributed by atoms with van der Waals surface area (Å²) in [6, 6.07) is 16.7. The highest BCUT2D eigenvalue weighted by Gasteiger charge is 2.13. The van der Waals surface area contributed by atoms with Crippen LogP contribution in [0.1, 0.15) is 30.0 Å². The smallest absolute Gasteiger partial charge is 0.117 e. The average molecular weight is 280 g/mol. The van der Waals surface area contributed by atoms with Crippen molar-refractivity contribution in [3.63, 3.8) is 0 Å². The van der Waals surface area contributed by atoms with E-state index in [1.807, 2.05) is 23.3 Å². The molecule has 1 heterocycles. The van der Waals surface area contributed by atoms with Crippen LogP contribution in [0.5, 0.6) is 0 Å². The van der Waals surface area contributed by atoms with Crippen LogP contribution in [0.15, 0.2) is 53.5 Å². The third-order valence-corrected chi connectivity index (χ3v) is 3.57. The fourth-order valence-corrected chi connectivity index (χ4v) is 2.48. The lowest BCUT2D eigenvalue weighted by Gasteiger charge is -2.24. The number of benzene rings is 2. The Bertz CT molecular complexity index is 622. The molecule has 0 saturated heterocycles. The first-order valence-electron chi connectivity index (χ1n) is 7.44. The quantitative estimate of drug-likeness (QED) is 0.818. The first kappa shape index (κ1) is 13.8. The number of aliphatic imine (C=N–C) groups is 1. The Labute approximate surface area is 125 Å². The molecule has 0 unspecified atom stereocenters. The zero-order chi connectivity index (χ0) is 14.5. The van der Waals surface area contributed by atoms with Gasteiger partial charge in [0.05, 0.1) is 18.8 Å². The van der Waals surface area contributed by atoms with Crippen LogP contribution in [-0.4, -0.2) is 11.4 Å². The van der Waals surface area contributed by atoms with Crippen molar-refractivity contribution in [3.05, 3.63) is 65.2 Å². The van der Waals surface area contributed by atoms with Gasteiger partial charge >= 0.3 is 0 Å². The number of nitrogens with zero attached hydrogens (tertiary/aromatic N) is 2. The molecule has 0 radical (unpaired) electrons. The predicted molar refractivity (Wildman–Crippen MR) is 85.4 cm³/mol. The summed E-state index contributed by atoms with van der Waals surface area (Å²) >= 11 is 0. The maximum Gasteiger partial charge on any atom is 0.117 e. The fourth-order valence-electron chi connectivity index (χ4n) is 2.48. The Morgan fingerprint density at radius 2 is 1.95 bits per heavy atom. The molecule has 108 valence electrons. The second-order valence-corrected chi connectivity index (χ2v) is 5.29. The molecule has 1 aliphatic rings. The first-order chi connectivity index (χ1) is 10.3.